The van der Waals surface area contributed by atoms with Gasteiger partial charge in [0.25, 0.3) is 0 Å². The van der Waals surface area contributed by atoms with E-state index in [9.17, 15) is 4.79 Å². The molecular formula is C12H14ClIN2O. The van der Waals surface area contributed by atoms with Crippen molar-refractivity contribution in [2.24, 2.45) is 0 Å². The Balaban J connectivity index is 2.29. The molecule has 0 aromatic heterocycles. The molecule has 5 heteroatoms. The summed E-state index contributed by atoms with van der Waals surface area (Å²) in [7, 11) is 1.83. The van der Waals surface area contributed by atoms with Crippen LogP contribution < -0.4 is 10.2 Å². The Morgan fingerprint density at radius 1 is 1.53 bits per heavy atom. The van der Waals surface area contributed by atoms with Crippen molar-refractivity contribution in [3.05, 3.63) is 26.8 Å². The molecule has 92 valence electrons. The van der Waals surface area contributed by atoms with Crippen molar-refractivity contribution < 1.29 is 4.79 Å². The van der Waals surface area contributed by atoms with Crippen LogP contribution in [0.5, 0.6) is 0 Å². The van der Waals surface area contributed by atoms with Gasteiger partial charge in [-0.3, -0.25) is 4.79 Å². The number of halogens is 2. The number of anilines is 1. The number of piperidine rings is 1. The number of carbonyl (C=O) groups is 1. The van der Waals surface area contributed by atoms with Gasteiger partial charge in [-0.2, -0.15) is 0 Å². The topological polar surface area (TPSA) is 32.3 Å². The van der Waals surface area contributed by atoms with Gasteiger partial charge in [-0.1, -0.05) is 11.6 Å². The molecule has 1 atom stereocenters. The van der Waals surface area contributed by atoms with Crippen molar-refractivity contribution in [2.75, 3.05) is 18.5 Å². The molecule has 0 aliphatic carbocycles. The minimum absolute atomic E-state index is 0.0600. The molecular weight excluding hydrogens is 351 g/mol. The van der Waals surface area contributed by atoms with Crippen molar-refractivity contribution in [2.45, 2.75) is 18.9 Å². The van der Waals surface area contributed by atoms with Gasteiger partial charge < -0.3 is 10.2 Å². The lowest BCUT2D eigenvalue weighted by atomic mass is 10.0. The SMILES string of the molecule is CNC1CCCN(c2ccc(Cl)cc2I)C1=O. The van der Waals surface area contributed by atoms with Crippen LogP contribution in [0.4, 0.5) is 5.69 Å². The maximum Gasteiger partial charge on any atom is 0.244 e. The third-order valence-electron chi connectivity index (χ3n) is 2.99. The Kier molecular flexibility index (Phi) is 4.27. The second-order valence-corrected chi connectivity index (χ2v) is 5.67. The second kappa shape index (κ2) is 5.54. The average Bonchev–Trinajstić information content (AvgIpc) is 2.30. The van der Waals surface area contributed by atoms with E-state index in [1.807, 2.05) is 30.1 Å². The van der Waals surface area contributed by atoms with E-state index in [4.69, 9.17) is 11.6 Å². The molecule has 1 fully saturated rings. The molecule has 1 heterocycles. The van der Waals surface area contributed by atoms with E-state index < -0.39 is 0 Å². The summed E-state index contributed by atoms with van der Waals surface area (Å²) in [5.41, 5.74) is 0.958. The Morgan fingerprint density at radius 2 is 2.29 bits per heavy atom. The van der Waals surface area contributed by atoms with Crippen LogP contribution in [0.15, 0.2) is 18.2 Å². The molecule has 1 N–H and O–H groups in total. The van der Waals surface area contributed by atoms with Crippen LogP contribution >= 0.6 is 34.2 Å². The molecule has 0 radical (unpaired) electrons. The van der Waals surface area contributed by atoms with Gasteiger partial charge in [0.15, 0.2) is 0 Å². The monoisotopic (exact) mass is 364 g/mol. The zero-order valence-electron chi connectivity index (χ0n) is 9.54. The molecule has 1 aromatic carbocycles. The number of nitrogens with one attached hydrogen (secondary N) is 1. The maximum atomic E-state index is 12.2. The quantitative estimate of drug-likeness (QED) is 0.818. The number of amides is 1. The number of likely N-dealkylation sites (N-methyl/N-ethyl adjacent to an activating group) is 1. The second-order valence-electron chi connectivity index (χ2n) is 4.07. The molecule has 0 saturated carbocycles. The van der Waals surface area contributed by atoms with Gasteiger partial charge in [-0.05, 0) is 60.7 Å². The fourth-order valence-corrected chi connectivity index (χ4v) is 3.25. The zero-order valence-corrected chi connectivity index (χ0v) is 12.5. The molecule has 1 aromatic rings. The fourth-order valence-electron chi connectivity index (χ4n) is 2.08. The van der Waals surface area contributed by atoms with Gasteiger partial charge in [0, 0.05) is 15.1 Å². The number of hydrogen-bond acceptors (Lipinski definition) is 2. The van der Waals surface area contributed by atoms with Gasteiger partial charge in [0.05, 0.1) is 11.7 Å². The van der Waals surface area contributed by atoms with E-state index in [0.717, 1.165) is 28.6 Å². The summed E-state index contributed by atoms with van der Waals surface area (Å²) in [6, 6.07) is 5.57. The van der Waals surface area contributed by atoms with Gasteiger partial charge in [0.2, 0.25) is 5.91 Å². The summed E-state index contributed by atoms with van der Waals surface area (Å²) >= 11 is 8.15. The van der Waals surface area contributed by atoms with E-state index in [1.54, 1.807) is 0 Å². The highest BCUT2D eigenvalue weighted by Crippen LogP contribution is 2.28. The highest BCUT2D eigenvalue weighted by molar-refractivity contribution is 14.1. The highest BCUT2D eigenvalue weighted by Gasteiger charge is 2.29. The van der Waals surface area contributed by atoms with E-state index in [1.165, 1.54) is 0 Å². The van der Waals surface area contributed by atoms with Gasteiger partial charge in [-0.25, -0.2) is 0 Å². The standard InChI is InChI=1S/C12H14ClIN2O/c1-15-10-3-2-6-16(12(10)17)11-5-4-8(13)7-9(11)14/h4-5,7,10,15H,2-3,6H2,1H3. The molecule has 3 nitrogen and oxygen atoms in total. The van der Waals surface area contributed by atoms with Crippen LogP contribution in [-0.4, -0.2) is 25.5 Å². The molecule has 1 amide bonds. The largest absolute Gasteiger partial charge is 0.310 e. The predicted molar refractivity (Wildman–Crippen MR) is 78.6 cm³/mol. The Bertz CT molecular complexity index is 439. The van der Waals surface area contributed by atoms with Crippen LogP contribution in [0.25, 0.3) is 0 Å². The Morgan fingerprint density at radius 3 is 2.94 bits per heavy atom. The number of hydrogen-bond donors (Lipinski definition) is 1. The summed E-state index contributed by atoms with van der Waals surface area (Å²) in [5.74, 6) is 0.152. The zero-order chi connectivity index (χ0) is 12.4. The normalized spacial score (nSPS) is 20.8. The van der Waals surface area contributed by atoms with Crippen LogP contribution in [0.1, 0.15) is 12.8 Å². The number of benzene rings is 1. The van der Waals surface area contributed by atoms with Gasteiger partial charge >= 0.3 is 0 Å². The maximum absolute atomic E-state index is 12.2. The molecule has 1 unspecified atom stereocenters. The molecule has 2 rings (SSSR count). The Labute approximate surface area is 120 Å². The van der Waals surface area contributed by atoms with Crippen molar-refractivity contribution in [1.29, 1.82) is 0 Å². The lowest BCUT2D eigenvalue weighted by Crippen LogP contribution is -2.50. The molecule has 1 aliphatic heterocycles. The van der Waals surface area contributed by atoms with E-state index in [0.29, 0.717) is 5.02 Å². The first kappa shape index (κ1) is 13.1. The van der Waals surface area contributed by atoms with Gasteiger partial charge in [0.1, 0.15) is 0 Å². The molecule has 1 aliphatic rings. The van der Waals surface area contributed by atoms with Crippen molar-refractivity contribution >= 4 is 45.8 Å². The third kappa shape index (κ3) is 2.74. The van der Waals surface area contributed by atoms with E-state index >= 15 is 0 Å². The smallest absolute Gasteiger partial charge is 0.244 e. The van der Waals surface area contributed by atoms with E-state index in [-0.39, 0.29) is 11.9 Å². The Hall–Kier alpha value is -0.330. The molecule has 0 spiro atoms. The van der Waals surface area contributed by atoms with Crippen molar-refractivity contribution in [1.82, 2.24) is 5.32 Å². The van der Waals surface area contributed by atoms with Gasteiger partial charge in [-0.15, -0.1) is 0 Å². The summed E-state index contributed by atoms with van der Waals surface area (Å²) in [6.07, 6.45) is 1.94. The van der Waals surface area contributed by atoms with Crippen LogP contribution in [0, 0.1) is 3.57 Å². The number of nitrogens with zero attached hydrogens (tertiary/aromatic N) is 1. The summed E-state index contributed by atoms with van der Waals surface area (Å²) < 4.78 is 1.01. The van der Waals surface area contributed by atoms with E-state index in [2.05, 4.69) is 27.9 Å². The fraction of sp³-hybridized carbons (Fsp3) is 0.417. The predicted octanol–water partition coefficient (Wildman–Crippen LogP) is 2.66. The third-order valence-corrected chi connectivity index (χ3v) is 4.09. The number of carbonyl (C=O) groups excluding carboxylic acids is 1. The lowest BCUT2D eigenvalue weighted by Gasteiger charge is -2.32. The molecule has 17 heavy (non-hydrogen) atoms. The summed E-state index contributed by atoms with van der Waals surface area (Å²) in [5, 5.41) is 3.77. The van der Waals surface area contributed by atoms with Crippen LogP contribution in [0.3, 0.4) is 0 Å². The lowest BCUT2D eigenvalue weighted by molar-refractivity contribution is -0.121. The first-order chi connectivity index (χ1) is 8.13. The summed E-state index contributed by atoms with van der Waals surface area (Å²) in [6.45, 7) is 0.786. The highest BCUT2D eigenvalue weighted by atomic mass is 127. The number of rotatable bonds is 2. The van der Waals surface area contributed by atoms with Crippen LogP contribution in [-0.2, 0) is 4.79 Å². The first-order valence-corrected chi connectivity index (χ1v) is 7.03. The molecule has 1 saturated heterocycles. The minimum Gasteiger partial charge on any atom is -0.310 e. The van der Waals surface area contributed by atoms with Crippen molar-refractivity contribution in [3.8, 4) is 0 Å². The van der Waals surface area contributed by atoms with Crippen LogP contribution in [0.2, 0.25) is 5.02 Å². The molecule has 0 bridgehead atoms. The first-order valence-electron chi connectivity index (χ1n) is 5.57. The van der Waals surface area contributed by atoms with Crippen molar-refractivity contribution in [3.63, 3.8) is 0 Å². The average molecular weight is 365 g/mol. The summed E-state index contributed by atoms with van der Waals surface area (Å²) in [4.78, 5) is 14.1. The minimum atomic E-state index is -0.0600.